The second-order valence-corrected chi connectivity index (χ2v) is 5.18. The lowest BCUT2D eigenvalue weighted by atomic mass is 10.1. The van der Waals surface area contributed by atoms with E-state index in [2.05, 4.69) is 20.9 Å². The first kappa shape index (κ1) is 11.5. The van der Waals surface area contributed by atoms with Gasteiger partial charge < -0.3 is 10.8 Å². The summed E-state index contributed by atoms with van der Waals surface area (Å²) in [6.07, 6.45) is 0.415. The third-order valence-electron chi connectivity index (χ3n) is 2.06. The molecule has 2 aromatic rings. The number of thiazole rings is 1. The van der Waals surface area contributed by atoms with Gasteiger partial charge in [-0.1, -0.05) is 27.3 Å². The Balaban J connectivity index is 2.40. The van der Waals surface area contributed by atoms with E-state index in [0.717, 1.165) is 11.3 Å². The van der Waals surface area contributed by atoms with Crippen LogP contribution in [-0.4, -0.2) is 10.1 Å². The van der Waals surface area contributed by atoms with Gasteiger partial charge in [-0.2, -0.15) is 0 Å². The number of benzene rings is 1. The monoisotopic (exact) mass is 302 g/mol. The molecule has 6 heteroatoms. The average Bonchev–Trinajstić information content (AvgIpc) is 2.67. The Hall–Kier alpha value is -0.980. The van der Waals surface area contributed by atoms with E-state index >= 15 is 0 Å². The zero-order valence-electron chi connectivity index (χ0n) is 8.02. The highest BCUT2D eigenvalue weighted by Gasteiger charge is 2.17. The van der Waals surface area contributed by atoms with Gasteiger partial charge in [-0.05, 0) is 18.2 Å². The number of nitrogens with zero attached hydrogens (tertiary/aromatic N) is 1. The van der Waals surface area contributed by atoms with Crippen molar-refractivity contribution >= 4 is 32.4 Å². The molecule has 0 aliphatic rings. The number of nitrogen functional groups attached to an aromatic ring is 1. The van der Waals surface area contributed by atoms with Crippen molar-refractivity contribution in [2.75, 3.05) is 5.73 Å². The van der Waals surface area contributed by atoms with Gasteiger partial charge in [0, 0.05) is 16.2 Å². The van der Waals surface area contributed by atoms with E-state index < -0.39 is 11.9 Å². The molecule has 3 N–H and O–H groups in total. The maximum Gasteiger partial charge on any atom is 0.180 e. The quantitative estimate of drug-likeness (QED) is 0.897. The van der Waals surface area contributed by atoms with Crippen LogP contribution < -0.4 is 5.73 Å². The van der Waals surface area contributed by atoms with Crippen molar-refractivity contribution in [2.45, 2.75) is 6.10 Å². The van der Waals surface area contributed by atoms with E-state index in [-0.39, 0.29) is 5.56 Å². The number of anilines is 1. The van der Waals surface area contributed by atoms with Gasteiger partial charge in [-0.3, -0.25) is 0 Å². The summed E-state index contributed by atoms with van der Waals surface area (Å²) in [7, 11) is 0. The van der Waals surface area contributed by atoms with Crippen molar-refractivity contribution in [3.05, 3.63) is 45.1 Å². The summed E-state index contributed by atoms with van der Waals surface area (Å²) in [4.78, 5) is 4.34. The number of aliphatic hydroxyl groups is 1. The van der Waals surface area contributed by atoms with Crippen molar-refractivity contribution < 1.29 is 9.50 Å². The van der Waals surface area contributed by atoms with Crippen LogP contribution >= 0.6 is 27.3 Å². The first-order valence-electron chi connectivity index (χ1n) is 4.42. The van der Waals surface area contributed by atoms with Gasteiger partial charge in [0.25, 0.3) is 0 Å². The predicted octanol–water partition coefficient (Wildman–Crippen LogP) is 2.71. The molecule has 0 aliphatic carbocycles. The molecule has 3 nitrogen and oxygen atoms in total. The number of nitrogens with two attached hydrogens (primary N) is 1. The third kappa shape index (κ3) is 2.23. The fraction of sp³-hybridized carbons (Fsp3) is 0.100. The van der Waals surface area contributed by atoms with Gasteiger partial charge in [-0.25, -0.2) is 9.37 Å². The minimum absolute atomic E-state index is 0.207. The Kier molecular flexibility index (Phi) is 3.22. The Morgan fingerprint density at radius 1 is 1.50 bits per heavy atom. The van der Waals surface area contributed by atoms with Gasteiger partial charge in [0.05, 0.1) is 4.88 Å². The SMILES string of the molecule is Nc1ncc(C(O)c2cc(Br)ccc2F)s1. The van der Waals surface area contributed by atoms with E-state index in [9.17, 15) is 9.50 Å². The zero-order chi connectivity index (χ0) is 11.7. The summed E-state index contributed by atoms with van der Waals surface area (Å²) in [5.41, 5.74) is 5.66. The molecule has 1 heterocycles. The lowest BCUT2D eigenvalue weighted by Crippen LogP contribution is -2.00. The van der Waals surface area contributed by atoms with E-state index in [1.807, 2.05) is 0 Å². The van der Waals surface area contributed by atoms with E-state index in [1.54, 1.807) is 6.07 Å². The minimum Gasteiger partial charge on any atom is -0.383 e. The lowest BCUT2D eigenvalue weighted by Gasteiger charge is -2.09. The molecule has 0 amide bonds. The van der Waals surface area contributed by atoms with Crippen LogP contribution in [0.3, 0.4) is 0 Å². The van der Waals surface area contributed by atoms with Gasteiger partial charge in [-0.15, -0.1) is 0 Å². The number of aliphatic hydroxyl groups excluding tert-OH is 1. The minimum atomic E-state index is -1.03. The molecule has 84 valence electrons. The molecule has 1 aromatic heterocycles. The number of aromatic nitrogens is 1. The summed E-state index contributed by atoms with van der Waals surface area (Å²) < 4.78 is 14.2. The molecule has 0 aliphatic heterocycles. The molecule has 1 atom stereocenters. The molecule has 0 radical (unpaired) electrons. The van der Waals surface area contributed by atoms with Crippen molar-refractivity contribution in [3.63, 3.8) is 0 Å². The van der Waals surface area contributed by atoms with Gasteiger partial charge in [0.2, 0.25) is 0 Å². The number of hydrogen-bond donors (Lipinski definition) is 2. The molecule has 2 rings (SSSR count). The van der Waals surface area contributed by atoms with Crippen molar-refractivity contribution in [2.24, 2.45) is 0 Å². The fourth-order valence-corrected chi connectivity index (χ4v) is 2.37. The molecule has 0 saturated heterocycles. The smallest absolute Gasteiger partial charge is 0.180 e. The second-order valence-electron chi connectivity index (χ2n) is 3.17. The number of halogens is 2. The van der Waals surface area contributed by atoms with Crippen LogP contribution in [0.15, 0.2) is 28.9 Å². The molecule has 0 spiro atoms. The average molecular weight is 303 g/mol. The van der Waals surface area contributed by atoms with Gasteiger partial charge in [0.15, 0.2) is 5.13 Å². The fourth-order valence-electron chi connectivity index (χ4n) is 1.30. The molecule has 16 heavy (non-hydrogen) atoms. The summed E-state index contributed by atoms with van der Waals surface area (Å²) in [5.74, 6) is -0.456. The van der Waals surface area contributed by atoms with E-state index in [4.69, 9.17) is 5.73 Å². The summed E-state index contributed by atoms with van der Waals surface area (Å²) >= 11 is 4.37. The number of rotatable bonds is 2. The van der Waals surface area contributed by atoms with Gasteiger partial charge >= 0.3 is 0 Å². The first-order valence-corrected chi connectivity index (χ1v) is 6.03. The van der Waals surface area contributed by atoms with Crippen LogP contribution in [0.5, 0.6) is 0 Å². The summed E-state index contributed by atoms with van der Waals surface area (Å²) in [6, 6.07) is 4.41. The Morgan fingerprint density at radius 2 is 2.25 bits per heavy atom. The third-order valence-corrected chi connectivity index (χ3v) is 3.44. The summed E-state index contributed by atoms with van der Waals surface area (Å²) in [6.45, 7) is 0. The molecular formula is C10H8BrFN2OS. The van der Waals surface area contributed by atoms with Crippen LogP contribution in [0, 0.1) is 5.82 Å². The maximum absolute atomic E-state index is 13.5. The normalized spacial score (nSPS) is 12.7. The van der Waals surface area contributed by atoms with E-state index in [1.165, 1.54) is 18.3 Å². The standard InChI is InChI=1S/C10H8BrFN2OS/c11-5-1-2-7(12)6(3-5)9(15)8-4-14-10(13)16-8/h1-4,9,15H,(H2,13,14). The van der Waals surface area contributed by atoms with Crippen molar-refractivity contribution in [1.29, 1.82) is 0 Å². The first-order chi connectivity index (χ1) is 7.58. The highest BCUT2D eigenvalue weighted by atomic mass is 79.9. The highest BCUT2D eigenvalue weighted by molar-refractivity contribution is 9.10. The van der Waals surface area contributed by atoms with Crippen molar-refractivity contribution in [1.82, 2.24) is 4.98 Å². The Morgan fingerprint density at radius 3 is 2.88 bits per heavy atom. The lowest BCUT2D eigenvalue weighted by molar-refractivity contribution is 0.218. The Labute approximate surface area is 104 Å². The second kappa shape index (κ2) is 4.48. The van der Waals surface area contributed by atoms with Crippen LogP contribution in [0.1, 0.15) is 16.5 Å². The van der Waals surface area contributed by atoms with Crippen LogP contribution in [0.25, 0.3) is 0 Å². The topological polar surface area (TPSA) is 59.1 Å². The zero-order valence-corrected chi connectivity index (χ0v) is 10.4. The number of hydrogen-bond acceptors (Lipinski definition) is 4. The maximum atomic E-state index is 13.5. The molecule has 0 fully saturated rings. The van der Waals surface area contributed by atoms with Gasteiger partial charge in [0.1, 0.15) is 11.9 Å². The molecular weight excluding hydrogens is 295 g/mol. The van der Waals surface area contributed by atoms with Crippen LogP contribution in [-0.2, 0) is 0 Å². The summed E-state index contributed by atoms with van der Waals surface area (Å²) in [5, 5.41) is 10.3. The molecule has 1 aromatic carbocycles. The molecule has 1 unspecified atom stereocenters. The van der Waals surface area contributed by atoms with Crippen molar-refractivity contribution in [3.8, 4) is 0 Å². The molecule has 0 saturated carbocycles. The van der Waals surface area contributed by atoms with Crippen LogP contribution in [0.2, 0.25) is 0 Å². The van der Waals surface area contributed by atoms with E-state index in [0.29, 0.717) is 14.5 Å². The molecule has 0 bridgehead atoms. The Bertz CT molecular complexity index is 517. The highest BCUT2D eigenvalue weighted by Crippen LogP contribution is 2.30. The largest absolute Gasteiger partial charge is 0.383 e. The van der Waals surface area contributed by atoms with Crippen LogP contribution in [0.4, 0.5) is 9.52 Å². The predicted molar refractivity (Wildman–Crippen MR) is 64.7 cm³/mol.